The van der Waals surface area contributed by atoms with E-state index in [1.54, 1.807) is 0 Å². The number of nitrogens with zero attached hydrogens (tertiary/aromatic N) is 1. The number of imide groups is 1. The first kappa shape index (κ1) is 13.0. The van der Waals surface area contributed by atoms with Crippen molar-refractivity contribution in [2.75, 3.05) is 18.6 Å². The highest BCUT2D eigenvalue weighted by Crippen LogP contribution is 2.10. The lowest BCUT2D eigenvalue weighted by Crippen LogP contribution is -2.32. The van der Waals surface area contributed by atoms with Gasteiger partial charge in [0.15, 0.2) is 0 Å². The standard InChI is InChI=1S/C9H16N2O4S/c1-3-5-11-8(12)7(10-9(11)13)4-6-16(2,14)15/h7H,3-6H2,1-2H3,(H,10,13). The molecule has 1 aliphatic rings. The van der Waals surface area contributed by atoms with Crippen molar-refractivity contribution in [3.05, 3.63) is 0 Å². The summed E-state index contributed by atoms with van der Waals surface area (Å²) in [6, 6.07) is -1.11. The summed E-state index contributed by atoms with van der Waals surface area (Å²) < 4.78 is 21.9. The van der Waals surface area contributed by atoms with E-state index in [2.05, 4.69) is 5.32 Å². The first-order valence-corrected chi connectivity index (χ1v) is 7.21. The van der Waals surface area contributed by atoms with Gasteiger partial charge in [-0.3, -0.25) is 9.69 Å². The van der Waals surface area contributed by atoms with Crippen LogP contribution in [0.1, 0.15) is 19.8 Å². The monoisotopic (exact) mass is 248 g/mol. The van der Waals surface area contributed by atoms with Crippen LogP contribution >= 0.6 is 0 Å². The number of hydrogen-bond donors (Lipinski definition) is 1. The summed E-state index contributed by atoms with van der Waals surface area (Å²) in [6.07, 6.45) is 1.94. The van der Waals surface area contributed by atoms with E-state index in [1.165, 1.54) is 0 Å². The molecule has 92 valence electrons. The number of nitrogens with one attached hydrogen (secondary N) is 1. The summed E-state index contributed by atoms with van der Waals surface area (Å²) in [5.74, 6) is -0.417. The van der Waals surface area contributed by atoms with Crippen molar-refractivity contribution in [3.63, 3.8) is 0 Å². The van der Waals surface area contributed by atoms with E-state index >= 15 is 0 Å². The summed E-state index contributed by atoms with van der Waals surface area (Å²) in [4.78, 5) is 24.2. The molecule has 0 aromatic rings. The molecule has 1 rings (SSSR count). The molecule has 0 radical (unpaired) electrons. The van der Waals surface area contributed by atoms with E-state index < -0.39 is 21.9 Å². The van der Waals surface area contributed by atoms with Gasteiger partial charge < -0.3 is 5.32 Å². The third-order valence-electron chi connectivity index (χ3n) is 2.33. The second kappa shape index (κ2) is 4.82. The molecule has 0 saturated carbocycles. The predicted octanol–water partition coefficient (Wildman–Crippen LogP) is -0.249. The minimum atomic E-state index is -3.10. The van der Waals surface area contributed by atoms with E-state index in [0.29, 0.717) is 13.0 Å². The molecule has 0 aliphatic carbocycles. The van der Waals surface area contributed by atoms with Crippen molar-refractivity contribution in [2.45, 2.75) is 25.8 Å². The van der Waals surface area contributed by atoms with Gasteiger partial charge in [-0.2, -0.15) is 0 Å². The Morgan fingerprint density at radius 2 is 2.00 bits per heavy atom. The molecule has 3 amide bonds. The van der Waals surface area contributed by atoms with Gasteiger partial charge >= 0.3 is 6.03 Å². The van der Waals surface area contributed by atoms with E-state index in [-0.39, 0.29) is 18.1 Å². The fraction of sp³-hybridized carbons (Fsp3) is 0.778. The van der Waals surface area contributed by atoms with E-state index in [0.717, 1.165) is 11.2 Å². The van der Waals surface area contributed by atoms with Crippen LogP contribution in [0.3, 0.4) is 0 Å². The van der Waals surface area contributed by atoms with Crippen LogP contribution in [0.5, 0.6) is 0 Å². The number of rotatable bonds is 5. The van der Waals surface area contributed by atoms with Crippen LogP contribution in [0.2, 0.25) is 0 Å². The Balaban J connectivity index is 2.59. The lowest BCUT2D eigenvalue weighted by molar-refractivity contribution is -0.127. The fourth-order valence-electron chi connectivity index (χ4n) is 1.54. The molecule has 1 unspecified atom stereocenters. The van der Waals surface area contributed by atoms with Gasteiger partial charge in [0, 0.05) is 12.8 Å². The number of hydrogen-bond acceptors (Lipinski definition) is 4. The predicted molar refractivity (Wildman–Crippen MR) is 58.7 cm³/mol. The molecule has 1 fully saturated rings. The molecule has 1 atom stereocenters. The first-order chi connectivity index (χ1) is 7.35. The van der Waals surface area contributed by atoms with Crippen LogP contribution < -0.4 is 5.32 Å². The lowest BCUT2D eigenvalue weighted by atomic mass is 10.2. The molecular weight excluding hydrogens is 232 g/mol. The van der Waals surface area contributed by atoms with Crippen molar-refractivity contribution in [1.82, 2.24) is 10.2 Å². The molecule has 1 saturated heterocycles. The molecule has 1 aliphatic heterocycles. The van der Waals surface area contributed by atoms with Gasteiger partial charge in [0.05, 0.1) is 5.75 Å². The van der Waals surface area contributed by atoms with E-state index in [1.807, 2.05) is 6.92 Å². The van der Waals surface area contributed by atoms with Gasteiger partial charge in [0.25, 0.3) is 5.91 Å². The first-order valence-electron chi connectivity index (χ1n) is 5.14. The maximum Gasteiger partial charge on any atom is 0.324 e. The van der Waals surface area contributed by atoms with Gasteiger partial charge in [0.1, 0.15) is 15.9 Å². The molecule has 0 spiro atoms. The second-order valence-electron chi connectivity index (χ2n) is 3.91. The largest absolute Gasteiger partial charge is 0.326 e. The Labute approximate surface area is 94.9 Å². The third-order valence-corrected chi connectivity index (χ3v) is 3.31. The molecule has 16 heavy (non-hydrogen) atoms. The molecule has 1 heterocycles. The van der Waals surface area contributed by atoms with Gasteiger partial charge in [-0.1, -0.05) is 6.92 Å². The number of carbonyl (C=O) groups excluding carboxylic acids is 2. The average Bonchev–Trinajstić information content (AvgIpc) is 2.42. The van der Waals surface area contributed by atoms with Crippen molar-refractivity contribution >= 4 is 21.8 Å². The molecule has 0 aromatic carbocycles. The van der Waals surface area contributed by atoms with Crippen LogP contribution in [-0.2, 0) is 14.6 Å². The number of amides is 3. The topological polar surface area (TPSA) is 83.6 Å². The summed E-state index contributed by atoms with van der Waals surface area (Å²) in [5.41, 5.74) is 0. The van der Waals surface area contributed by atoms with Crippen LogP contribution in [0.4, 0.5) is 4.79 Å². The maximum atomic E-state index is 11.7. The Bertz CT molecular complexity index is 390. The van der Waals surface area contributed by atoms with Crippen molar-refractivity contribution in [2.24, 2.45) is 0 Å². The fourth-order valence-corrected chi connectivity index (χ4v) is 2.20. The lowest BCUT2D eigenvalue weighted by Gasteiger charge is -2.10. The second-order valence-corrected chi connectivity index (χ2v) is 6.17. The molecule has 0 aromatic heterocycles. The van der Waals surface area contributed by atoms with Gasteiger partial charge in [-0.05, 0) is 12.8 Å². The maximum absolute atomic E-state index is 11.7. The Morgan fingerprint density at radius 1 is 1.38 bits per heavy atom. The van der Waals surface area contributed by atoms with E-state index in [9.17, 15) is 18.0 Å². The Hall–Kier alpha value is -1.11. The molecular formula is C9H16N2O4S. The number of carbonyl (C=O) groups is 2. The zero-order chi connectivity index (χ0) is 12.3. The van der Waals surface area contributed by atoms with Crippen LogP contribution in [0, 0.1) is 0 Å². The molecule has 1 N–H and O–H groups in total. The summed E-state index contributed by atoms with van der Waals surface area (Å²) in [5, 5.41) is 2.48. The van der Waals surface area contributed by atoms with Crippen molar-refractivity contribution in [1.29, 1.82) is 0 Å². The van der Waals surface area contributed by atoms with Crippen LogP contribution in [-0.4, -0.2) is 49.9 Å². The Kier molecular flexibility index (Phi) is 3.90. The minimum Gasteiger partial charge on any atom is -0.326 e. The quantitative estimate of drug-likeness (QED) is 0.680. The zero-order valence-corrected chi connectivity index (χ0v) is 10.2. The SMILES string of the molecule is CCCN1C(=O)NC(CCS(C)(=O)=O)C1=O. The van der Waals surface area contributed by atoms with Crippen molar-refractivity contribution < 1.29 is 18.0 Å². The minimum absolute atomic E-state index is 0.0936. The average molecular weight is 248 g/mol. The van der Waals surface area contributed by atoms with Crippen molar-refractivity contribution in [3.8, 4) is 0 Å². The van der Waals surface area contributed by atoms with Gasteiger partial charge in [0.2, 0.25) is 0 Å². The summed E-state index contributed by atoms with van der Waals surface area (Å²) in [6.45, 7) is 2.24. The van der Waals surface area contributed by atoms with Crippen LogP contribution in [0.25, 0.3) is 0 Å². The third kappa shape index (κ3) is 3.19. The molecule has 0 bridgehead atoms. The highest BCUT2D eigenvalue weighted by molar-refractivity contribution is 7.90. The Morgan fingerprint density at radius 3 is 2.50 bits per heavy atom. The molecule has 6 nitrogen and oxygen atoms in total. The molecule has 7 heteroatoms. The smallest absolute Gasteiger partial charge is 0.324 e. The highest BCUT2D eigenvalue weighted by atomic mass is 32.2. The number of urea groups is 1. The normalized spacial score (nSPS) is 21.4. The van der Waals surface area contributed by atoms with Gasteiger partial charge in [-0.25, -0.2) is 13.2 Å². The zero-order valence-electron chi connectivity index (χ0n) is 9.39. The van der Waals surface area contributed by atoms with E-state index in [4.69, 9.17) is 0 Å². The summed E-state index contributed by atoms with van der Waals surface area (Å²) in [7, 11) is -3.10. The number of sulfone groups is 1. The van der Waals surface area contributed by atoms with Crippen LogP contribution in [0.15, 0.2) is 0 Å². The van der Waals surface area contributed by atoms with Gasteiger partial charge in [-0.15, -0.1) is 0 Å². The summed E-state index contributed by atoms with van der Waals surface area (Å²) >= 11 is 0. The highest BCUT2D eigenvalue weighted by Gasteiger charge is 2.37.